The first-order chi connectivity index (χ1) is 8.50. The van der Waals surface area contributed by atoms with Crippen LogP contribution in [0.25, 0.3) is 0 Å². The Balaban J connectivity index is 2.26. The van der Waals surface area contributed by atoms with Crippen LogP contribution in [0.2, 0.25) is 0 Å². The highest BCUT2D eigenvalue weighted by Gasteiger charge is 2.33. The van der Waals surface area contributed by atoms with Gasteiger partial charge in [0.1, 0.15) is 0 Å². The number of rotatable bonds is 0. The van der Waals surface area contributed by atoms with E-state index in [9.17, 15) is 13.2 Å². The minimum atomic E-state index is -3.13. The lowest BCUT2D eigenvalue weighted by Gasteiger charge is -2.29. The number of amides is 1. The van der Waals surface area contributed by atoms with E-state index in [4.69, 9.17) is 0 Å². The molecule has 2 heterocycles. The molecule has 5 heteroatoms. The van der Waals surface area contributed by atoms with Crippen molar-refractivity contribution in [2.45, 2.75) is 31.1 Å². The summed E-state index contributed by atoms with van der Waals surface area (Å²) in [6.45, 7) is 2.21. The molecule has 1 amide bonds. The van der Waals surface area contributed by atoms with Crippen molar-refractivity contribution in [2.75, 3.05) is 17.2 Å². The van der Waals surface area contributed by atoms with Crippen molar-refractivity contribution in [2.24, 2.45) is 0 Å². The van der Waals surface area contributed by atoms with Crippen LogP contribution < -0.4 is 4.90 Å². The number of nitrogens with zero attached hydrogens (tertiary/aromatic N) is 1. The van der Waals surface area contributed by atoms with E-state index in [1.54, 1.807) is 4.90 Å². The van der Waals surface area contributed by atoms with Gasteiger partial charge in [0.05, 0.1) is 10.6 Å². The zero-order valence-electron chi connectivity index (χ0n) is 10.3. The van der Waals surface area contributed by atoms with Gasteiger partial charge < -0.3 is 4.90 Å². The van der Waals surface area contributed by atoms with Crippen LogP contribution in [0.5, 0.6) is 0 Å². The molecule has 0 aliphatic carbocycles. The van der Waals surface area contributed by atoms with Crippen LogP contribution in [-0.4, -0.2) is 26.6 Å². The highest BCUT2D eigenvalue weighted by Crippen LogP contribution is 2.38. The Morgan fingerprint density at radius 1 is 1.28 bits per heavy atom. The second-order valence-corrected chi connectivity index (χ2v) is 6.94. The first-order valence-electron chi connectivity index (χ1n) is 6.16. The van der Waals surface area contributed by atoms with E-state index in [2.05, 4.69) is 0 Å². The summed E-state index contributed by atoms with van der Waals surface area (Å²) in [6, 6.07) is 3.76. The molecule has 0 bridgehead atoms. The largest absolute Gasteiger partial charge is 0.312 e. The molecule has 0 fully saturated rings. The van der Waals surface area contributed by atoms with Crippen LogP contribution in [0, 0.1) is 0 Å². The number of anilines is 1. The van der Waals surface area contributed by atoms with Gasteiger partial charge in [0.15, 0.2) is 9.84 Å². The van der Waals surface area contributed by atoms with Gasteiger partial charge in [-0.2, -0.15) is 0 Å². The van der Waals surface area contributed by atoms with Crippen LogP contribution in [0.15, 0.2) is 17.0 Å². The number of hydrogen-bond acceptors (Lipinski definition) is 3. The third-order valence-corrected chi connectivity index (χ3v) is 5.62. The van der Waals surface area contributed by atoms with E-state index in [0.717, 1.165) is 29.7 Å². The zero-order valence-corrected chi connectivity index (χ0v) is 11.1. The minimum absolute atomic E-state index is 0.0219. The SMILES string of the molecule is CC(=O)N1CCCc2c1ccc1c2S(=O)(=O)CC1. The molecule has 18 heavy (non-hydrogen) atoms. The van der Waals surface area contributed by atoms with Crippen molar-refractivity contribution in [1.82, 2.24) is 0 Å². The summed E-state index contributed by atoms with van der Waals surface area (Å²) in [5.74, 6) is 0.185. The van der Waals surface area contributed by atoms with Crippen LogP contribution >= 0.6 is 0 Å². The molecule has 2 aliphatic heterocycles. The number of hydrogen-bond donors (Lipinski definition) is 0. The number of benzene rings is 1. The van der Waals surface area contributed by atoms with E-state index in [-0.39, 0.29) is 11.7 Å². The Hall–Kier alpha value is -1.36. The van der Waals surface area contributed by atoms with Crippen molar-refractivity contribution in [1.29, 1.82) is 0 Å². The normalized spacial score (nSPS) is 20.4. The smallest absolute Gasteiger partial charge is 0.223 e. The molecule has 0 N–H and O–H groups in total. The van der Waals surface area contributed by atoms with Crippen molar-refractivity contribution in [3.63, 3.8) is 0 Å². The van der Waals surface area contributed by atoms with Crippen molar-refractivity contribution >= 4 is 21.4 Å². The van der Waals surface area contributed by atoms with E-state index in [0.29, 0.717) is 17.9 Å². The van der Waals surface area contributed by atoms with Crippen LogP contribution in [0.4, 0.5) is 5.69 Å². The summed E-state index contributed by atoms with van der Waals surface area (Å²) in [5, 5.41) is 0. The van der Waals surface area contributed by atoms with Gasteiger partial charge in [-0.25, -0.2) is 8.42 Å². The summed E-state index contributed by atoms with van der Waals surface area (Å²) in [7, 11) is -3.13. The number of fused-ring (bicyclic) bond motifs is 3. The first kappa shape index (κ1) is 11.7. The van der Waals surface area contributed by atoms with Crippen LogP contribution in [-0.2, 0) is 27.5 Å². The third kappa shape index (κ3) is 1.57. The topological polar surface area (TPSA) is 54.5 Å². The summed E-state index contributed by atoms with van der Waals surface area (Å²) < 4.78 is 24.2. The van der Waals surface area contributed by atoms with Gasteiger partial charge in [-0.3, -0.25) is 4.79 Å². The Morgan fingerprint density at radius 3 is 2.78 bits per heavy atom. The third-order valence-electron chi connectivity index (χ3n) is 3.75. The van der Waals surface area contributed by atoms with Crippen LogP contribution in [0.1, 0.15) is 24.5 Å². The molecule has 96 valence electrons. The lowest BCUT2D eigenvalue weighted by atomic mass is 9.98. The highest BCUT2D eigenvalue weighted by molar-refractivity contribution is 7.91. The number of carbonyl (C=O) groups excluding carboxylic acids is 1. The summed E-state index contributed by atoms with van der Waals surface area (Å²) in [6.07, 6.45) is 2.19. The molecule has 0 saturated carbocycles. The molecule has 0 unspecified atom stereocenters. The van der Waals surface area contributed by atoms with Crippen molar-refractivity contribution in [3.05, 3.63) is 23.3 Å². The zero-order chi connectivity index (χ0) is 12.9. The Kier molecular flexibility index (Phi) is 2.48. The first-order valence-corrected chi connectivity index (χ1v) is 7.81. The van der Waals surface area contributed by atoms with Gasteiger partial charge in [0, 0.05) is 19.2 Å². The van der Waals surface area contributed by atoms with Gasteiger partial charge >= 0.3 is 0 Å². The van der Waals surface area contributed by atoms with Gasteiger partial charge in [0.25, 0.3) is 0 Å². The molecule has 0 radical (unpaired) electrons. The predicted octanol–water partition coefficient (Wildman–Crippen LogP) is 1.32. The van der Waals surface area contributed by atoms with Crippen molar-refractivity contribution < 1.29 is 13.2 Å². The quantitative estimate of drug-likeness (QED) is 0.711. The highest BCUT2D eigenvalue weighted by atomic mass is 32.2. The maximum Gasteiger partial charge on any atom is 0.223 e. The summed E-state index contributed by atoms with van der Waals surface area (Å²) in [5.41, 5.74) is 2.56. The molecule has 0 spiro atoms. The molecular weight excluding hydrogens is 250 g/mol. The lowest BCUT2D eigenvalue weighted by Crippen LogP contribution is -2.34. The maximum atomic E-state index is 12.1. The fourth-order valence-corrected chi connectivity index (χ4v) is 4.80. The van der Waals surface area contributed by atoms with Gasteiger partial charge in [-0.05, 0) is 36.5 Å². The molecule has 0 atom stereocenters. The van der Waals surface area contributed by atoms with E-state index in [1.165, 1.54) is 6.92 Å². The Labute approximate surface area is 107 Å². The predicted molar refractivity (Wildman–Crippen MR) is 68.5 cm³/mol. The Morgan fingerprint density at radius 2 is 2.06 bits per heavy atom. The summed E-state index contributed by atoms with van der Waals surface area (Å²) >= 11 is 0. The number of sulfone groups is 1. The number of carbonyl (C=O) groups is 1. The van der Waals surface area contributed by atoms with E-state index >= 15 is 0 Å². The second kappa shape index (κ2) is 3.82. The van der Waals surface area contributed by atoms with Gasteiger partial charge in [0.2, 0.25) is 5.91 Å². The molecule has 0 saturated heterocycles. The van der Waals surface area contributed by atoms with Gasteiger partial charge in [-0.1, -0.05) is 6.07 Å². The molecule has 4 nitrogen and oxygen atoms in total. The van der Waals surface area contributed by atoms with E-state index < -0.39 is 9.84 Å². The standard InChI is InChI=1S/C13H15NO3S/c1-9(15)14-7-2-3-11-12(14)5-4-10-6-8-18(16,17)13(10)11/h4-5H,2-3,6-8H2,1H3. The molecule has 1 aromatic rings. The summed E-state index contributed by atoms with van der Waals surface area (Å²) in [4.78, 5) is 13.8. The second-order valence-electron chi connectivity index (χ2n) is 4.89. The monoisotopic (exact) mass is 265 g/mol. The molecule has 0 aromatic heterocycles. The van der Waals surface area contributed by atoms with Crippen LogP contribution in [0.3, 0.4) is 0 Å². The molecule has 3 rings (SSSR count). The number of aryl methyl sites for hydroxylation is 1. The minimum Gasteiger partial charge on any atom is -0.312 e. The molecule has 2 aliphatic rings. The van der Waals surface area contributed by atoms with Gasteiger partial charge in [-0.15, -0.1) is 0 Å². The fraction of sp³-hybridized carbons (Fsp3) is 0.462. The molecular formula is C13H15NO3S. The van der Waals surface area contributed by atoms with Crippen molar-refractivity contribution in [3.8, 4) is 0 Å². The van der Waals surface area contributed by atoms with E-state index in [1.807, 2.05) is 12.1 Å². The average molecular weight is 265 g/mol. The fourth-order valence-electron chi connectivity index (χ4n) is 2.95. The molecule has 1 aromatic carbocycles. The maximum absolute atomic E-state index is 12.1. The average Bonchev–Trinajstić information content (AvgIpc) is 2.64. The Bertz CT molecular complexity index is 634. The lowest BCUT2D eigenvalue weighted by molar-refractivity contribution is -0.116.